The molecule has 0 atom stereocenters. The zero-order valence-corrected chi connectivity index (χ0v) is 10.5. The van der Waals surface area contributed by atoms with Crippen molar-refractivity contribution in [1.29, 1.82) is 0 Å². The zero-order valence-electron chi connectivity index (χ0n) is 10.5. The first-order chi connectivity index (χ1) is 9.04. The SMILES string of the molecule is COc1cccc(CNCCC(N)=O)c1OC(F)F. The summed E-state index contributed by atoms with van der Waals surface area (Å²) in [6.07, 6.45) is 0.176. The second kappa shape index (κ2) is 7.52. The highest BCUT2D eigenvalue weighted by Crippen LogP contribution is 2.32. The van der Waals surface area contributed by atoms with E-state index in [9.17, 15) is 13.6 Å². The molecule has 0 aromatic heterocycles. The molecule has 0 unspecified atom stereocenters. The number of ether oxygens (including phenoxy) is 2. The van der Waals surface area contributed by atoms with Gasteiger partial charge >= 0.3 is 6.61 Å². The molecule has 1 aromatic rings. The highest BCUT2D eigenvalue weighted by Gasteiger charge is 2.14. The monoisotopic (exact) mass is 274 g/mol. The van der Waals surface area contributed by atoms with Crippen molar-refractivity contribution < 1.29 is 23.0 Å². The third kappa shape index (κ3) is 5.09. The van der Waals surface area contributed by atoms with Crippen LogP contribution in [0.1, 0.15) is 12.0 Å². The number of carbonyl (C=O) groups excluding carboxylic acids is 1. The van der Waals surface area contributed by atoms with E-state index in [0.29, 0.717) is 12.1 Å². The molecule has 0 heterocycles. The van der Waals surface area contributed by atoms with Crippen molar-refractivity contribution in [2.45, 2.75) is 19.6 Å². The fraction of sp³-hybridized carbons (Fsp3) is 0.417. The highest BCUT2D eigenvalue weighted by molar-refractivity contribution is 5.73. The quantitative estimate of drug-likeness (QED) is 0.700. The summed E-state index contributed by atoms with van der Waals surface area (Å²) in [6, 6.07) is 4.84. The number of hydrogen-bond donors (Lipinski definition) is 2. The second-order valence-corrected chi connectivity index (χ2v) is 3.72. The van der Waals surface area contributed by atoms with Crippen molar-refractivity contribution in [3.8, 4) is 11.5 Å². The first kappa shape index (κ1) is 15.2. The largest absolute Gasteiger partial charge is 0.493 e. The number of halogens is 2. The molecule has 19 heavy (non-hydrogen) atoms. The molecule has 0 radical (unpaired) electrons. The van der Waals surface area contributed by atoms with Crippen molar-refractivity contribution >= 4 is 5.91 Å². The van der Waals surface area contributed by atoms with Crippen molar-refractivity contribution in [2.24, 2.45) is 5.73 Å². The Hall–Kier alpha value is -1.89. The Morgan fingerprint density at radius 3 is 2.79 bits per heavy atom. The number of para-hydroxylation sites is 1. The summed E-state index contributed by atoms with van der Waals surface area (Å²) in [7, 11) is 1.37. The molecule has 0 spiro atoms. The van der Waals surface area contributed by atoms with Gasteiger partial charge in [0.05, 0.1) is 7.11 Å². The molecule has 0 bridgehead atoms. The minimum atomic E-state index is -2.93. The molecule has 0 aliphatic heterocycles. The van der Waals surface area contributed by atoms with Crippen LogP contribution in [0.2, 0.25) is 0 Å². The Balaban J connectivity index is 2.72. The minimum absolute atomic E-state index is 0.00780. The molecule has 3 N–H and O–H groups in total. The molecule has 5 nitrogen and oxygen atoms in total. The summed E-state index contributed by atoms with van der Waals surface area (Å²) >= 11 is 0. The van der Waals surface area contributed by atoms with E-state index in [4.69, 9.17) is 10.5 Å². The number of rotatable bonds is 8. The summed E-state index contributed by atoms with van der Waals surface area (Å²) in [6.45, 7) is -2.30. The molecule has 0 saturated heterocycles. The average molecular weight is 274 g/mol. The minimum Gasteiger partial charge on any atom is -0.493 e. The van der Waals surface area contributed by atoms with Gasteiger partial charge in [0.2, 0.25) is 5.91 Å². The van der Waals surface area contributed by atoms with Crippen LogP contribution in [-0.4, -0.2) is 26.2 Å². The van der Waals surface area contributed by atoms with Crippen molar-refractivity contribution in [3.05, 3.63) is 23.8 Å². The summed E-state index contributed by atoms with van der Waals surface area (Å²) in [5, 5.41) is 2.92. The van der Waals surface area contributed by atoms with Gasteiger partial charge in [-0.15, -0.1) is 0 Å². The predicted molar refractivity (Wildman–Crippen MR) is 65.1 cm³/mol. The molecule has 0 saturated carbocycles. The highest BCUT2D eigenvalue weighted by atomic mass is 19.3. The third-order valence-electron chi connectivity index (χ3n) is 2.35. The van der Waals surface area contributed by atoms with Gasteiger partial charge in [0.15, 0.2) is 11.5 Å². The van der Waals surface area contributed by atoms with E-state index in [2.05, 4.69) is 10.1 Å². The molecule has 7 heteroatoms. The van der Waals surface area contributed by atoms with E-state index in [1.54, 1.807) is 12.1 Å². The topological polar surface area (TPSA) is 73.6 Å². The molecular formula is C12H16F2N2O3. The predicted octanol–water partition coefficient (Wildman–Crippen LogP) is 1.26. The molecule has 0 fully saturated rings. The maximum absolute atomic E-state index is 12.4. The number of amides is 1. The summed E-state index contributed by atoms with van der Waals surface area (Å²) in [5.74, 6) is -0.205. The number of methoxy groups -OCH3 is 1. The van der Waals surface area contributed by atoms with Gasteiger partial charge in [0, 0.05) is 25.1 Å². The van der Waals surface area contributed by atoms with E-state index in [1.807, 2.05) is 0 Å². The van der Waals surface area contributed by atoms with E-state index >= 15 is 0 Å². The lowest BCUT2D eigenvalue weighted by molar-refractivity contribution is -0.117. The molecule has 1 aromatic carbocycles. The maximum atomic E-state index is 12.4. The van der Waals surface area contributed by atoms with Crippen LogP contribution in [0.25, 0.3) is 0 Å². The number of benzene rings is 1. The molecule has 1 rings (SSSR count). The van der Waals surface area contributed by atoms with Gasteiger partial charge in [-0.05, 0) is 6.07 Å². The van der Waals surface area contributed by atoms with Crippen LogP contribution in [0.5, 0.6) is 11.5 Å². The number of hydrogen-bond acceptors (Lipinski definition) is 4. The number of primary amides is 1. The number of nitrogens with one attached hydrogen (secondary N) is 1. The van der Waals surface area contributed by atoms with Crippen LogP contribution in [0, 0.1) is 0 Å². The van der Waals surface area contributed by atoms with Gasteiger partial charge in [-0.1, -0.05) is 12.1 Å². The van der Waals surface area contributed by atoms with Crippen LogP contribution in [0.15, 0.2) is 18.2 Å². The Morgan fingerprint density at radius 1 is 1.47 bits per heavy atom. The molecular weight excluding hydrogens is 258 g/mol. The Morgan fingerprint density at radius 2 is 2.21 bits per heavy atom. The van der Waals surface area contributed by atoms with Gasteiger partial charge in [-0.25, -0.2) is 0 Å². The van der Waals surface area contributed by atoms with Gasteiger partial charge in [0.1, 0.15) is 0 Å². The van der Waals surface area contributed by atoms with Crippen molar-refractivity contribution in [1.82, 2.24) is 5.32 Å². The fourth-order valence-electron chi connectivity index (χ4n) is 1.52. The molecule has 0 aliphatic carbocycles. The Bertz CT molecular complexity index is 427. The summed E-state index contributed by atoms with van der Waals surface area (Å²) in [4.78, 5) is 10.6. The normalized spacial score (nSPS) is 10.5. The van der Waals surface area contributed by atoms with Crippen molar-refractivity contribution in [2.75, 3.05) is 13.7 Å². The van der Waals surface area contributed by atoms with Crippen LogP contribution < -0.4 is 20.5 Å². The lowest BCUT2D eigenvalue weighted by Gasteiger charge is -2.14. The van der Waals surface area contributed by atoms with Crippen LogP contribution in [0.4, 0.5) is 8.78 Å². The van der Waals surface area contributed by atoms with Crippen LogP contribution in [-0.2, 0) is 11.3 Å². The standard InChI is InChI=1S/C12H16F2N2O3/c1-18-9-4-2-3-8(11(9)19-12(13)14)7-16-6-5-10(15)17/h2-4,12,16H,5-7H2,1H3,(H2,15,17). The first-order valence-electron chi connectivity index (χ1n) is 5.64. The van der Waals surface area contributed by atoms with E-state index in [-0.39, 0.29) is 24.5 Å². The Labute approximate surface area is 109 Å². The zero-order chi connectivity index (χ0) is 14.3. The first-order valence-corrected chi connectivity index (χ1v) is 5.64. The lowest BCUT2D eigenvalue weighted by atomic mass is 10.2. The number of carbonyl (C=O) groups is 1. The van der Waals surface area contributed by atoms with Gasteiger partial charge in [-0.2, -0.15) is 8.78 Å². The maximum Gasteiger partial charge on any atom is 0.387 e. The van der Waals surface area contributed by atoms with Crippen LogP contribution in [0.3, 0.4) is 0 Å². The molecule has 1 amide bonds. The van der Waals surface area contributed by atoms with Gasteiger partial charge in [-0.3, -0.25) is 4.79 Å². The number of nitrogens with two attached hydrogens (primary N) is 1. The van der Waals surface area contributed by atoms with Crippen molar-refractivity contribution in [3.63, 3.8) is 0 Å². The van der Waals surface area contributed by atoms with E-state index in [1.165, 1.54) is 13.2 Å². The van der Waals surface area contributed by atoms with Gasteiger partial charge in [0.25, 0.3) is 0 Å². The van der Waals surface area contributed by atoms with E-state index < -0.39 is 12.5 Å². The Kier molecular flexibility index (Phi) is 6.01. The smallest absolute Gasteiger partial charge is 0.387 e. The average Bonchev–Trinajstić information content (AvgIpc) is 2.35. The molecule has 0 aliphatic rings. The lowest BCUT2D eigenvalue weighted by Crippen LogP contribution is -2.22. The fourth-order valence-corrected chi connectivity index (χ4v) is 1.52. The number of alkyl halides is 2. The third-order valence-corrected chi connectivity index (χ3v) is 2.35. The summed E-state index contributed by atoms with van der Waals surface area (Å²) in [5.41, 5.74) is 5.51. The summed E-state index contributed by atoms with van der Waals surface area (Å²) < 4.78 is 34.1. The van der Waals surface area contributed by atoms with Gasteiger partial charge < -0.3 is 20.5 Å². The van der Waals surface area contributed by atoms with Crippen LogP contribution >= 0.6 is 0 Å². The molecule has 106 valence electrons. The van der Waals surface area contributed by atoms with E-state index in [0.717, 1.165) is 0 Å². The second-order valence-electron chi connectivity index (χ2n) is 3.72.